The molecule has 5 N–H and O–H groups in total. The quantitative estimate of drug-likeness (QED) is 0.215. The first-order valence-corrected chi connectivity index (χ1v) is 10.0. The molecule has 10 nitrogen and oxygen atoms in total. The van der Waals surface area contributed by atoms with E-state index in [4.69, 9.17) is 13.6 Å². The van der Waals surface area contributed by atoms with Gasteiger partial charge in [-0.25, -0.2) is 0 Å². The summed E-state index contributed by atoms with van der Waals surface area (Å²) in [5.74, 6) is -4.26. The summed E-state index contributed by atoms with van der Waals surface area (Å²) in [5, 5.41) is 50.7. The highest BCUT2D eigenvalue weighted by Crippen LogP contribution is 2.45. The van der Waals surface area contributed by atoms with Gasteiger partial charge in [0.2, 0.25) is 11.2 Å². The van der Waals surface area contributed by atoms with Gasteiger partial charge in [0.1, 0.15) is 34.0 Å². The molecule has 0 saturated heterocycles. The number of rotatable bonds is 5. The highest BCUT2D eigenvalue weighted by Gasteiger charge is 2.31. The van der Waals surface area contributed by atoms with Crippen LogP contribution in [0.3, 0.4) is 0 Å². The fourth-order valence-electron chi connectivity index (χ4n) is 3.78. The first-order valence-electron chi connectivity index (χ1n) is 10.0. The van der Waals surface area contributed by atoms with Gasteiger partial charge in [-0.15, -0.1) is 0 Å². The lowest BCUT2D eigenvalue weighted by Crippen LogP contribution is -2.12. The molecule has 4 rings (SSSR count). The van der Waals surface area contributed by atoms with Crippen LogP contribution < -0.4 is 5.43 Å². The Labute approximate surface area is 191 Å². The second-order valence-corrected chi connectivity index (χ2v) is 7.63. The molecule has 0 aliphatic rings. The number of furan rings is 1. The molecule has 0 aliphatic carbocycles. The van der Waals surface area contributed by atoms with E-state index in [-0.39, 0.29) is 28.9 Å². The van der Waals surface area contributed by atoms with Gasteiger partial charge in [-0.1, -0.05) is 0 Å². The van der Waals surface area contributed by atoms with Crippen LogP contribution in [0.4, 0.5) is 0 Å². The second kappa shape index (κ2) is 8.39. The smallest absolute Gasteiger partial charge is 0.306 e. The van der Waals surface area contributed by atoms with Crippen molar-refractivity contribution < 1.29 is 43.9 Å². The summed E-state index contributed by atoms with van der Waals surface area (Å²) in [6.45, 7) is 1.68. The van der Waals surface area contributed by atoms with Crippen LogP contribution in [0.1, 0.15) is 29.4 Å². The van der Waals surface area contributed by atoms with Crippen molar-refractivity contribution in [2.45, 2.75) is 19.3 Å². The minimum atomic E-state index is -1.02. The van der Waals surface area contributed by atoms with Crippen LogP contribution in [0.5, 0.6) is 28.7 Å². The van der Waals surface area contributed by atoms with Gasteiger partial charge in [0.15, 0.2) is 17.3 Å². The molecular weight excluding hydrogens is 448 g/mol. The molecule has 2 aromatic carbocycles. The van der Waals surface area contributed by atoms with Crippen LogP contribution in [0.2, 0.25) is 0 Å². The maximum absolute atomic E-state index is 13.0. The maximum atomic E-state index is 13.0. The third-order valence-electron chi connectivity index (χ3n) is 5.43. The monoisotopic (exact) mass is 468 g/mol. The Bertz CT molecular complexity index is 1480. The topological polar surface area (TPSA) is 171 Å². The van der Waals surface area contributed by atoms with Crippen molar-refractivity contribution in [2.75, 3.05) is 7.11 Å². The number of ether oxygens (including phenoxy) is 1. The Kier molecular flexibility index (Phi) is 5.58. The zero-order valence-corrected chi connectivity index (χ0v) is 18.0. The highest BCUT2D eigenvalue weighted by molar-refractivity contribution is 5.92. The molecule has 0 bridgehead atoms. The summed E-state index contributed by atoms with van der Waals surface area (Å²) in [5.41, 5.74) is -1.37. The number of fused-ring (bicyclic) bond motifs is 1. The van der Waals surface area contributed by atoms with Gasteiger partial charge < -0.3 is 39.1 Å². The molecule has 0 amide bonds. The van der Waals surface area contributed by atoms with E-state index in [1.807, 2.05) is 0 Å². The number of hydrogen-bond acceptors (Lipinski definition) is 10. The maximum Gasteiger partial charge on any atom is 0.306 e. The van der Waals surface area contributed by atoms with Gasteiger partial charge >= 0.3 is 5.97 Å². The van der Waals surface area contributed by atoms with Crippen molar-refractivity contribution in [3.63, 3.8) is 0 Å². The van der Waals surface area contributed by atoms with E-state index in [2.05, 4.69) is 0 Å². The van der Waals surface area contributed by atoms with Gasteiger partial charge in [0.05, 0.1) is 19.4 Å². The molecule has 0 saturated carbocycles. The fourth-order valence-corrected chi connectivity index (χ4v) is 3.78. The summed E-state index contributed by atoms with van der Waals surface area (Å²) >= 11 is 0. The zero-order chi connectivity index (χ0) is 24.7. The molecule has 0 radical (unpaired) electrons. The molecule has 0 aliphatic heterocycles. The Hall–Kier alpha value is -4.60. The van der Waals surface area contributed by atoms with Crippen molar-refractivity contribution in [3.05, 3.63) is 63.7 Å². The van der Waals surface area contributed by atoms with E-state index in [1.165, 1.54) is 13.2 Å². The molecule has 34 heavy (non-hydrogen) atoms. The standard InChI is InChI=1S/C24H20O10/c1-10-3-6-17(33-10)12(8-18(29)32-2)19-15(27)9-16(28)20-21(30)22(31)23(34-24(19)20)11-4-5-13(25)14(26)7-11/h3-7,9,12,25-28,31H,8H2,1-2H3/t12-/m1/s1. The van der Waals surface area contributed by atoms with Crippen molar-refractivity contribution in [3.8, 4) is 40.1 Å². The number of benzene rings is 2. The number of aromatic hydroxyl groups is 5. The minimum Gasteiger partial charge on any atom is -0.507 e. The lowest BCUT2D eigenvalue weighted by molar-refractivity contribution is -0.140. The van der Waals surface area contributed by atoms with Crippen LogP contribution in [0.25, 0.3) is 22.3 Å². The Morgan fingerprint density at radius 1 is 0.941 bits per heavy atom. The predicted molar refractivity (Wildman–Crippen MR) is 118 cm³/mol. The number of hydrogen-bond donors (Lipinski definition) is 5. The molecule has 2 aromatic heterocycles. The first-order chi connectivity index (χ1) is 16.1. The number of aryl methyl sites for hydroxylation is 1. The normalized spacial score (nSPS) is 12.1. The van der Waals surface area contributed by atoms with Crippen LogP contribution in [-0.2, 0) is 9.53 Å². The van der Waals surface area contributed by atoms with Crippen LogP contribution in [0, 0.1) is 6.92 Å². The molecule has 0 unspecified atom stereocenters. The third kappa shape index (κ3) is 3.75. The number of phenolic OH excluding ortho intramolecular Hbond substituents is 4. The molecule has 0 fully saturated rings. The predicted octanol–water partition coefficient (Wildman–Crippen LogP) is 3.58. The Balaban J connectivity index is 2.08. The van der Waals surface area contributed by atoms with Crippen molar-refractivity contribution in [1.29, 1.82) is 0 Å². The van der Waals surface area contributed by atoms with Gasteiger partial charge in [-0.05, 0) is 37.3 Å². The highest BCUT2D eigenvalue weighted by atomic mass is 16.5. The Morgan fingerprint density at radius 3 is 2.29 bits per heavy atom. The molecule has 1 atom stereocenters. The molecule has 2 heterocycles. The van der Waals surface area contributed by atoms with Gasteiger partial charge in [0.25, 0.3) is 0 Å². The number of carbonyl (C=O) groups is 1. The number of methoxy groups -OCH3 is 1. The summed E-state index contributed by atoms with van der Waals surface area (Å²) < 4.78 is 16.3. The van der Waals surface area contributed by atoms with Crippen molar-refractivity contribution >= 4 is 16.9 Å². The fraction of sp³-hybridized carbons (Fsp3) is 0.167. The van der Waals surface area contributed by atoms with Crippen molar-refractivity contribution in [2.24, 2.45) is 0 Å². The van der Waals surface area contributed by atoms with Gasteiger partial charge in [-0.3, -0.25) is 9.59 Å². The van der Waals surface area contributed by atoms with Crippen LogP contribution >= 0.6 is 0 Å². The largest absolute Gasteiger partial charge is 0.507 e. The van der Waals surface area contributed by atoms with E-state index >= 15 is 0 Å². The summed E-state index contributed by atoms with van der Waals surface area (Å²) in [6.07, 6.45) is -0.309. The summed E-state index contributed by atoms with van der Waals surface area (Å²) in [6, 6.07) is 7.59. The summed E-state index contributed by atoms with van der Waals surface area (Å²) in [4.78, 5) is 25.2. The van der Waals surface area contributed by atoms with Gasteiger partial charge in [0, 0.05) is 17.2 Å². The first kappa shape index (κ1) is 22.6. The Morgan fingerprint density at radius 2 is 1.68 bits per heavy atom. The average Bonchev–Trinajstić information content (AvgIpc) is 3.22. The van der Waals surface area contributed by atoms with Gasteiger partial charge in [-0.2, -0.15) is 0 Å². The lowest BCUT2D eigenvalue weighted by Gasteiger charge is -2.18. The molecular formula is C24H20O10. The second-order valence-electron chi connectivity index (χ2n) is 7.63. The van der Waals surface area contributed by atoms with E-state index in [0.717, 1.165) is 18.2 Å². The molecule has 176 valence electrons. The van der Waals surface area contributed by atoms with Crippen LogP contribution in [-0.4, -0.2) is 38.6 Å². The molecule has 4 aromatic rings. The van der Waals surface area contributed by atoms with E-state index in [1.54, 1.807) is 19.1 Å². The minimum absolute atomic E-state index is 0.0268. The number of esters is 1. The van der Waals surface area contributed by atoms with Crippen molar-refractivity contribution in [1.82, 2.24) is 0 Å². The molecule has 0 spiro atoms. The van der Waals surface area contributed by atoms with E-state index in [9.17, 15) is 35.1 Å². The summed E-state index contributed by atoms with van der Waals surface area (Å²) in [7, 11) is 1.19. The molecule has 10 heteroatoms. The van der Waals surface area contributed by atoms with E-state index < -0.39 is 57.2 Å². The SMILES string of the molecule is COC(=O)C[C@H](c1ccc(C)o1)c1c(O)cc(O)c2c(=O)c(O)c(-c3ccc(O)c(O)c3)oc12. The number of phenols is 4. The van der Waals surface area contributed by atoms with E-state index in [0.29, 0.717) is 5.76 Å². The average molecular weight is 468 g/mol. The third-order valence-corrected chi connectivity index (χ3v) is 5.43. The van der Waals surface area contributed by atoms with Crippen LogP contribution in [0.15, 0.2) is 50.0 Å². The number of carbonyl (C=O) groups excluding carboxylic acids is 1. The zero-order valence-electron chi connectivity index (χ0n) is 18.0. The lowest BCUT2D eigenvalue weighted by atomic mass is 9.90.